The van der Waals surface area contributed by atoms with Crippen LogP contribution >= 0.6 is 0 Å². The third-order valence-corrected chi connectivity index (χ3v) is 4.83. The molecule has 0 aliphatic carbocycles. The van der Waals surface area contributed by atoms with Gasteiger partial charge in [-0.2, -0.15) is 0 Å². The quantitative estimate of drug-likeness (QED) is 0.398. The number of carbonyl (C=O) groups excluding carboxylic acids is 1. The molecule has 0 atom stereocenters. The average molecular weight is 385 g/mol. The number of fused-ring (bicyclic) bond motifs is 1. The highest BCUT2D eigenvalue weighted by Crippen LogP contribution is 2.38. The number of hydrogen-bond donors (Lipinski definition) is 4. The zero-order valence-electron chi connectivity index (χ0n) is 15.7. The van der Waals surface area contributed by atoms with Crippen molar-refractivity contribution in [2.75, 3.05) is 16.4 Å². The number of aromatic carboxylic acids is 1. The highest BCUT2D eigenvalue weighted by Gasteiger charge is 2.28. The van der Waals surface area contributed by atoms with E-state index in [0.717, 1.165) is 11.1 Å². The molecule has 0 bridgehead atoms. The van der Waals surface area contributed by atoms with Crippen LogP contribution in [0.3, 0.4) is 0 Å². The number of nitrogens with one attached hydrogen (secondary N) is 2. The lowest BCUT2D eigenvalue weighted by molar-refractivity contribution is -0.110. The summed E-state index contributed by atoms with van der Waals surface area (Å²) in [5.74, 6) is -1.20. The largest absolute Gasteiger partial charge is 0.478 e. The Hall–Kier alpha value is -4.06. The summed E-state index contributed by atoms with van der Waals surface area (Å²) in [4.78, 5) is 24.1. The zero-order chi connectivity index (χ0) is 20.5. The van der Waals surface area contributed by atoms with Crippen LogP contribution in [0.25, 0.3) is 11.3 Å². The van der Waals surface area contributed by atoms with Gasteiger partial charge in [0.1, 0.15) is 0 Å². The molecule has 29 heavy (non-hydrogen) atoms. The van der Waals surface area contributed by atoms with Gasteiger partial charge in [0.05, 0.1) is 16.8 Å². The number of aryl methyl sites for hydroxylation is 1. The van der Waals surface area contributed by atoms with Crippen LogP contribution in [0.2, 0.25) is 0 Å². The lowest BCUT2D eigenvalue weighted by Gasteiger charge is -2.16. The molecule has 6 heteroatoms. The molecule has 144 valence electrons. The van der Waals surface area contributed by atoms with Crippen LogP contribution in [0.1, 0.15) is 27.0 Å². The Kier molecular flexibility index (Phi) is 4.52. The summed E-state index contributed by atoms with van der Waals surface area (Å²) < 4.78 is 0. The van der Waals surface area contributed by atoms with Crippen molar-refractivity contribution in [1.29, 1.82) is 0 Å². The summed E-state index contributed by atoms with van der Waals surface area (Å²) in [6, 6.07) is 19.8. The Morgan fingerprint density at radius 2 is 1.79 bits per heavy atom. The van der Waals surface area contributed by atoms with E-state index in [1.165, 1.54) is 0 Å². The number of carbonyl (C=O) groups is 2. The minimum atomic E-state index is -0.977. The first kappa shape index (κ1) is 18.3. The number of anilines is 3. The maximum atomic E-state index is 12.8. The van der Waals surface area contributed by atoms with Gasteiger partial charge < -0.3 is 21.5 Å². The van der Waals surface area contributed by atoms with E-state index in [4.69, 9.17) is 5.73 Å². The van der Waals surface area contributed by atoms with E-state index >= 15 is 0 Å². The summed E-state index contributed by atoms with van der Waals surface area (Å²) in [5.41, 5.74) is 11.4. The summed E-state index contributed by atoms with van der Waals surface area (Å²) in [7, 11) is 0. The van der Waals surface area contributed by atoms with Crippen molar-refractivity contribution in [2.45, 2.75) is 6.92 Å². The third kappa shape index (κ3) is 3.43. The fourth-order valence-electron chi connectivity index (χ4n) is 3.44. The molecular formula is C23H19N3O3. The maximum Gasteiger partial charge on any atom is 0.335 e. The van der Waals surface area contributed by atoms with Gasteiger partial charge in [-0.15, -0.1) is 0 Å². The normalized spacial score (nSPS) is 14.2. The van der Waals surface area contributed by atoms with E-state index in [1.54, 1.807) is 43.3 Å². The van der Waals surface area contributed by atoms with Gasteiger partial charge in [0.2, 0.25) is 0 Å². The van der Waals surface area contributed by atoms with Crippen molar-refractivity contribution in [2.24, 2.45) is 0 Å². The van der Waals surface area contributed by atoms with Crippen LogP contribution in [-0.2, 0) is 4.79 Å². The molecular weight excluding hydrogens is 366 g/mol. The van der Waals surface area contributed by atoms with E-state index in [2.05, 4.69) is 10.6 Å². The van der Waals surface area contributed by atoms with Crippen molar-refractivity contribution in [1.82, 2.24) is 0 Å². The Bertz CT molecular complexity index is 1170. The average Bonchev–Trinajstić information content (AvgIpc) is 3.01. The fourth-order valence-corrected chi connectivity index (χ4v) is 3.44. The lowest BCUT2D eigenvalue weighted by Crippen LogP contribution is -2.10. The zero-order valence-corrected chi connectivity index (χ0v) is 15.7. The molecule has 3 aromatic rings. The minimum absolute atomic E-state index is 0.226. The molecule has 0 saturated carbocycles. The van der Waals surface area contributed by atoms with E-state index in [0.29, 0.717) is 33.9 Å². The summed E-state index contributed by atoms with van der Waals surface area (Å²) in [6.07, 6.45) is 0. The number of nitrogen functional groups attached to an aromatic ring is 1. The molecule has 1 aliphatic heterocycles. The van der Waals surface area contributed by atoms with Gasteiger partial charge in [0, 0.05) is 22.6 Å². The van der Waals surface area contributed by atoms with Gasteiger partial charge in [0.25, 0.3) is 5.91 Å². The monoisotopic (exact) mass is 385 g/mol. The topological polar surface area (TPSA) is 104 Å². The molecule has 0 spiro atoms. The van der Waals surface area contributed by atoms with E-state index in [1.807, 2.05) is 30.3 Å². The standard InChI is InChI=1S/C23H19N3O3/c1-13-11-16(8-9-17(13)23(28)29)25-21(14-5-3-2-4-6-14)20-18-12-15(24)7-10-19(18)26-22(20)27/h2-12,25H,24H2,1H3,(H,26,27)(H,28,29). The van der Waals surface area contributed by atoms with Crippen molar-refractivity contribution in [3.05, 3.63) is 89.0 Å². The van der Waals surface area contributed by atoms with Crippen molar-refractivity contribution in [3.8, 4) is 0 Å². The summed E-state index contributed by atoms with van der Waals surface area (Å²) >= 11 is 0. The van der Waals surface area contributed by atoms with Gasteiger partial charge in [-0.1, -0.05) is 30.3 Å². The molecule has 1 aliphatic rings. The van der Waals surface area contributed by atoms with Gasteiger partial charge in [0.15, 0.2) is 0 Å². The smallest absolute Gasteiger partial charge is 0.335 e. The second-order valence-electron chi connectivity index (χ2n) is 6.84. The van der Waals surface area contributed by atoms with Crippen molar-refractivity contribution in [3.63, 3.8) is 0 Å². The summed E-state index contributed by atoms with van der Waals surface area (Å²) in [5, 5.41) is 15.5. The van der Waals surface area contributed by atoms with Gasteiger partial charge >= 0.3 is 5.97 Å². The number of carboxylic acids is 1. The first-order valence-corrected chi connectivity index (χ1v) is 9.06. The SMILES string of the molecule is Cc1cc(NC(=C2C(=O)Nc3ccc(N)cc32)c2ccccc2)ccc1C(=O)O. The molecule has 6 nitrogen and oxygen atoms in total. The van der Waals surface area contributed by atoms with Crippen LogP contribution in [0.15, 0.2) is 66.7 Å². The summed E-state index contributed by atoms with van der Waals surface area (Å²) in [6.45, 7) is 1.74. The van der Waals surface area contributed by atoms with Crippen molar-refractivity contribution < 1.29 is 14.7 Å². The number of amides is 1. The van der Waals surface area contributed by atoms with Gasteiger partial charge in [-0.25, -0.2) is 4.79 Å². The van der Waals surface area contributed by atoms with E-state index < -0.39 is 5.97 Å². The molecule has 3 aromatic carbocycles. The minimum Gasteiger partial charge on any atom is -0.478 e. The van der Waals surface area contributed by atoms with Crippen LogP contribution < -0.4 is 16.4 Å². The molecule has 1 amide bonds. The highest BCUT2D eigenvalue weighted by atomic mass is 16.4. The molecule has 5 N–H and O–H groups in total. The van der Waals surface area contributed by atoms with Gasteiger partial charge in [-0.3, -0.25) is 4.79 Å². The highest BCUT2D eigenvalue weighted by molar-refractivity contribution is 6.37. The Balaban J connectivity index is 1.88. The Morgan fingerprint density at radius 3 is 2.48 bits per heavy atom. The van der Waals surface area contributed by atoms with Crippen LogP contribution in [-0.4, -0.2) is 17.0 Å². The van der Waals surface area contributed by atoms with E-state index in [-0.39, 0.29) is 11.5 Å². The maximum absolute atomic E-state index is 12.8. The third-order valence-electron chi connectivity index (χ3n) is 4.83. The molecule has 4 rings (SSSR count). The number of benzene rings is 3. The fraction of sp³-hybridized carbons (Fsp3) is 0.0435. The first-order valence-electron chi connectivity index (χ1n) is 9.06. The van der Waals surface area contributed by atoms with Crippen molar-refractivity contribution >= 4 is 40.2 Å². The predicted molar refractivity (Wildman–Crippen MR) is 115 cm³/mol. The second kappa shape index (κ2) is 7.16. The Labute approximate surface area is 167 Å². The van der Waals surface area contributed by atoms with Gasteiger partial charge in [-0.05, 0) is 54.4 Å². The molecule has 1 heterocycles. The molecule has 0 radical (unpaired) electrons. The lowest BCUT2D eigenvalue weighted by atomic mass is 9.99. The number of nitrogens with two attached hydrogens (primary N) is 1. The molecule has 0 unspecified atom stereocenters. The van der Waals surface area contributed by atoms with E-state index in [9.17, 15) is 14.7 Å². The predicted octanol–water partition coefficient (Wildman–Crippen LogP) is 4.21. The van der Waals surface area contributed by atoms with Crippen LogP contribution in [0.5, 0.6) is 0 Å². The first-order chi connectivity index (χ1) is 13.9. The molecule has 0 fully saturated rings. The number of carboxylic acid groups (broad SMARTS) is 1. The Morgan fingerprint density at radius 1 is 1.03 bits per heavy atom. The number of hydrogen-bond acceptors (Lipinski definition) is 4. The van der Waals surface area contributed by atoms with Crippen LogP contribution in [0, 0.1) is 6.92 Å². The van der Waals surface area contributed by atoms with Crippen LogP contribution in [0.4, 0.5) is 17.1 Å². The molecule has 0 aromatic heterocycles. The molecule has 0 saturated heterocycles. The number of rotatable bonds is 4. The second-order valence-corrected chi connectivity index (χ2v) is 6.84.